The molecule has 1 saturated heterocycles. The number of para-hydroxylation sites is 1. The Labute approximate surface area is 144 Å². The Balaban J connectivity index is 0.00000264. The number of amides is 2. The summed E-state index contributed by atoms with van der Waals surface area (Å²) in [6.45, 7) is 6.18. The minimum atomic E-state index is -0.164. The molecule has 0 bridgehead atoms. The summed E-state index contributed by atoms with van der Waals surface area (Å²) in [4.78, 5) is 26.4. The third-order valence-electron chi connectivity index (χ3n) is 3.96. The number of rotatable bonds is 4. The molecule has 1 heterocycles. The van der Waals surface area contributed by atoms with Crippen molar-refractivity contribution in [1.82, 2.24) is 4.90 Å². The maximum absolute atomic E-state index is 12.8. The molecule has 6 heteroatoms. The van der Waals surface area contributed by atoms with Crippen molar-refractivity contribution in [1.29, 1.82) is 0 Å². The number of nitrogens with zero attached hydrogens (tertiary/aromatic N) is 1. The third-order valence-corrected chi connectivity index (χ3v) is 3.96. The predicted octanol–water partition coefficient (Wildman–Crippen LogP) is 2.51. The van der Waals surface area contributed by atoms with Gasteiger partial charge < -0.3 is 16.0 Å². The van der Waals surface area contributed by atoms with Crippen LogP contribution in [0.15, 0.2) is 24.3 Å². The van der Waals surface area contributed by atoms with E-state index in [2.05, 4.69) is 19.2 Å². The Kier molecular flexibility index (Phi) is 7.52. The second-order valence-electron chi connectivity index (χ2n) is 6.29. The summed E-state index contributed by atoms with van der Waals surface area (Å²) in [5, 5.41) is 2.79. The topological polar surface area (TPSA) is 75.4 Å². The van der Waals surface area contributed by atoms with Crippen LogP contribution in [-0.2, 0) is 4.79 Å². The summed E-state index contributed by atoms with van der Waals surface area (Å²) in [7, 11) is 0. The Morgan fingerprint density at radius 2 is 1.83 bits per heavy atom. The fraction of sp³-hybridized carbons (Fsp3) is 0.529. The van der Waals surface area contributed by atoms with E-state index in [-0.39, 0.29) is 30.6 Å². The molecule has 5 nitrogen and oxygen atoms in total. The largest absolute Gasteiger partial charge is 0.338 e. The molecule has 1 aliphatic rings. The molecule has 0 radical (unpaired) electrons. The molecule has 0 spiro atoms. The summed E-state index contributed by atoms with van der Waals surface area (Å²) < 4.78 is 0. The van der Waals surface area contributed by atoms with Gasteiger partial charge in [-0.3, -0.25) is 9.59 Å². The van der Waals surface area contributed by atoms with Gasteiger partial charge in [0.05, 0.1) is 11.3 Å². The van der Waals surface area contributed by atoms with Crippen LogP contribution in [-0.4, -0.2) is 36.3 Å². The van der Waals surface area contributed by atoms with Gasteiger partial charge in [0.25, 0.3) is 5.91 Å². The molecule has 1 aliphatic heterocycles. The highest BCUT2D eigenvalue weighted by Gasteiger charge is 2.27. The first-order valence-electron chi connectivity index (χ1n) is 7.89. The number of nitrogens with one attached hydrogen (secondary N) is 1. The molecule has 1 aromatic rings. The van der Waals surface area contributed by atoms with Crippen molar-refractivity contribution in [3.8, 4) is 0 Å². The zero-order valence-electron chi connectivity index (χ0n) is 13.7. The molecule has 1 fully saturated rings. The number of piperidine rings is 1. The van der Waals surface area contributed by atoms with Gasteiger partial charge in [0.15, 0.2) is 0 Å². The molecule has 0 aromatic heterocycles. The van der Waals surface area contributed by atoms with Crippen LogP contribution in [0.3, 0.4) is 0 Å². The summed E-state index contributed by atoms with van der Waals surface area (Å²) in [6, 6.07) is 7.17. The van der Waals surface area contributed by atoms with Crippen LogP contribution in [0, 0.1) is 11.8 Å². The zero-order chi connectivity index (χ0) is 16.1. The summed E-state index contributed by atoms with van der Waals surface area (Å²) in [5.74, 6) is 0.837. The van der Waals surface area contributed by atoms with Crippen molar-refractivity contribution in [2.24, 2.45) is 17.6 Å². The highest BCUT2D eigenvalue weighted by molar-refractivity contribution is 6.03. The van der Waals surface area contributed by atoms with Gasteiger partial charge in [-0.2, -0.15) is 0 Å². The smallest absolute Gasteiger partial charge is 0.255 e. The lowest BCUT2D eigenvalue weighted by Crippen LogP contribution is -2.42. The molecule has 2 atom stereocenters. The lowest BCUT2D eigenvalue weighted by atomic mass is 9.91. The first-order chi connectivity index (χ1) is 10.5. The van der Waals surface area contributed by atoms with Gasteiger partial charge >= 0.3 is 0 Å². The lowest BCUT2D eigenvalue weighted by Gasteiger charge is -2.35. The number of carbonyl (C=O) groups excluding carboxylic acids is 2. The monoisotopic (exact) mass is 339 g/mol. The highest BCUT2D eigenvalue weighted by Crippen LogP contribution is 2.25. The van der Waals surface area contributed by atoms with E-state index in [0.717, 1.165) is 19.5 Å². The molecule has 0 aliphatic carbocycles. The van der Waals surface area contributed by atoms with E-state index in [1.54, 1.807) is 12.1 Å². The van der Waals surface area contributed by atoms with Crippen molar-refractivity contribution in [2.75, 3.05) is 25.0 Å². The molecule has 2 unspecified atom stereocenters. The number of nitrogens with two attached hydrogens (primary N) is 1. The first kappa shape index (κ1) is 19.5. The van der Waals surface area contributed by atoms with Crippen LogP contribution >= 0.6 is 12.4 Å². The molecule has 128 valence electrons. The molecular formula is C17H26ClN3O2. The Morgan fingerprint density at radius 3 is 2.43 bits per heavy atom. The third kappa shape index (κ3) is 5.22. The molecule has 1 aromatic carbocycles. The maximum Gasteiger partial charge on any atom is 0.255 e. The van der Waals surface area contributed by atoms with E-state index in [9.17, 15) is 9.59 Å². The van der Waals surface area contributed by atoms with Crippen molar-refractivity contribution >= 4 is 29.9 Å². The Morgan fingerprint density at radius 1 is 1.22 bits per heavy atom. The van der Waals surface area contributed by atoms with E-state index in [1.165, 1.54) is 0 Å². The standard InChI is InChI=1S/C17H25N3O2.ClH/c1-12-9-13(2)11-20(10-12)17(22)14-5-3-4-6-15(14)19-16(21)7-8-18;/h3-6,12-13H,7-11,18H2,1-2H3,(H,19,21);1H. The first-order valence-corrected chi connectivity index (χ1v) is 7.89. The predicted molar refractivity (Wildman–Crippen MR) is 94.8 cm³/mol. The number of benzene rings is 1. The molecule has 0 saturated carbocycles. The number of anilines is 1. The van der Waals surface area contributed by atoms with Crippen LogP contribution < -0.4 is 11.1 Å². The minimum Gasteiger partial charge on any atom is -0.338 e. The fourth-order valence-corrected chi connectivity index (χ4v) is 3.12. The second-order valence-corrected chi connectivity index (χ2v) is 6.29. The van der Waals surface area contributed by atoms with Crippen LogP contribution in [0.4, 0.5) is 5.69 Å². The van der Waals surface area contributed by atoms with Crippen LogP contribution in [0.1, 0.15) is 37.0 Å². The van der Waals surface area contributed by atoms with Gasteiger partial charge in [0, 0.05) is 26.1 Å². The lowest BCUT2D eigenvalue weighted by molar-refractivity contribution is -0.116. The van der Waals surface area contributed by atoms with Crippen molar-refractivity contribution < 1.29 is 9.59 Å². The van der Waals surface area contributed by atoms with E-state index in [0.29, 0.717) is 29.6 Å². The van der Waals surface area contributed by atoms with Gasteiger partial charge in [0.2, 0.25) is 5.91 Å². The normalized spacial score (nSPS) is 20.6. The van der Waals surface area contributed by atoms with Crippen LogP contribution in [0.2, 0.25) is 0 Å². The Bertz CT molecular complexity index is 540. The van der Waals surface area contributed by atoms with Crippen molar-refractivity contribution in [2.45, 2.75) is 26.7 Å². The van der Waals surface area contributed by atoms with E-state index >= 15 is 0 Å². The number of hydrogen-bond donors (Lipinski definition) is 2. The van der Waals surface area contributed by atoms with Gasteiger partial charge in [-0.05, 0) is 30.4 Å². The van der Waals surface area contributed by atoms with Crippen molar-refractivity contribution in [3.63, 3.8) is 0 Å². The van der Waals surface area contributed by atoms with Crippen molar-refractivity contribution in [3.05, 3.63) is 29.8 Å². The van der Waals surface area contributed by atoms with E-state index < -0.39 is 0 Å². The Hall–Kier alpha value is -1.59. The molecule has 23 heavy (non-hydrogen) atoms. The number of carbonyl (C=O) groups is 2. The van der Waals surface area contributed by atoms with Gasteiger partial charge in [-0.15, -0.1) is 12.4 Å². The zero-order valence-corrected chi connectivity index (χ0v) is 14.6. The molecule has 2 amide bonds. The molecule has 2 rings (SSSR count). The number of halogens is 1. The van der Waals surface area contributed by atoms with Crippen LogP contribution in [0.5, 0.6) is 0 Å². The quantitative estimate of drug-likeness (QED) is 0.885. The number of hydrogen-bond acceptors (Lipinski definition) is 3. The summed E-state index contributed by atoms with van der Waals surface area (Å²) >= 11 is 0. The minimum absolute atomic E-state index is 0. The molecule has 3 N–H and O–H groups in total. The summed E-state index contributed by atoms with van der Waals surface area (Å²) in [5.41, 5.74) is 6.51. The second kappa shape index (κ2) is 8.89. The number of likely N-dealkylation sites (tertiary alicyclic amines) is 1. The molecular weight excluding hydrogens is 314 g/mol. The fourth-order valence-electron chi connectivity index (χ4n) is 3.12. The van der Waals surface area contributed by atoms with Crippen LogP contribution in [0.25, 0.3) is 0 Å². The van der Waals surface area contributed by atoms with Gasteiger partial charge in [0.1, 0.15) is 0 Å². The van der Waals surface area contributed by atoms with Gasteiger partial charge in [-0.25, -0.2) is 0 Å². The van der Waals surface area contributed by atoms with Gasteiger partial charge in [-0.1, -0.05) is 26.0 Å². The highest BCUT2D eigenvalue weighted by atomic mass is 35.5. The SMILES string of the molecule is CC1CC(C)CN(C(=O)c2ccccc2NC(=O)CCN)C1.Cl. The van der Waals surface area contributed by atoms with E-state index in [4.69, 9.17) is 5.73 Å². The summed E-state index contributed by atoms with van der Waals surface area (Å²) in [6.07, 6.45) is 1.40. The average Bonchev–Trinajstić information content (AvgIpc) is 2.46. The maximum atomic E-state index is 12.8. The average molecular weight is 340 g/mol. The van der Waals surface area contributed by atoms with E-state index in [1.807, 2.05) is 17.0 Å².